The average Bonchev–Trinajstić information content (AvgIpc) is 2.98. The molecule has 0 atom stereocenters. The number of fused-ring (bicyclic) bond motifs is 1. The maximum absolute atomic E-state index is 12.0. The molecule has 0 bridgehead atoms. The van der Waals surface area contributed by atoms with Crippen molar-refractivity contribution in [3.8, 4) is 0 Å². The van der Waals surface area contributed by atoms with Crippen LogP contribution in [0.5, 0.6) is 0 Å². The van der Waals surface area contributed by atoms with Gasteiger partial charge in [-0.15, -0.1) is 10.2 Å². The van der Waals surface area contributed by atoms with Gasteiger partial charge in [-0.05, 0) is 24.8 Å². The number of ketones is 1. The lowest BCUT2D eigenvalue weighted by atomic mass is 10.1. The van der Waals surface area contributed by atoms with Crippen LogP contribution in [0.25, 0.3) is 0 Å². The molecule has 2 aromatic heterocycles. The second kappa shape index (κ2) is 4.99. The van der Waals surface area contributed by atoms with Gasteiger partial charge in [0.1, 0.15) is 6.54 Å². The van der Waals surface area contributed by atoms with Gasteiger partial charge in [0.25, 0.3) is 0 Å². The van der Waals surface area contributed by atoms with E-state index in [-0.39, 0.29) is 5.78 Å². The molecule has 0 spiro atoms. The minimum atomic E-state index is 0.256. The van der Waals surface area contributed by atoms with Crippen LogP contribution in [-0.2, 0) is 19.4 Å². The molecule has 19 heavy (non-hydrogen) atoms. The molecule has 0 radical (unpaired) electrons. The van der Waals surface area contributed by atoms with E-state index in [0.717, 1.165) is 36.8 Å². The van der Waals surface area contributed by atoms with E-state index < -0.39 is 0 Å². The Morgan fingerprint density at radius 3 is 2.79 bits per heavy atom. The van der Waals surface area contributed by atoms with Gasteiger partial charge < -0.3 is 8.98 Å². The van der Waals surface area contributed by atoms with E-state index >= 15 is 0 Å². The van der Waals surface area contributed by atoms with Gasteiger partial charge in [0.05, 0.1) is 0 Å². The van der Waals surface area contributed by atoms with Crippen molar-refractivity contribution in [3.05, 3.63) is 35.3 Å². The zero-order chi connectivity index (χ0) is 13.2. The van der Waals surface area contributed by atoms with Crippen LogP contribution < -0.4 is 0 Å². The summed E-state index contributed by atoms with van der Waals surface area (Å²) in [6, 6.07) is 0. The van der Waals surface area contributed by atoms with E-state index in [1.54, 1.807) is 0 Å². The predicted octanol–water partition coefficient (Wildman–Crippen LogP) is 2.39. The molecular formula is C14H17N3O2. The largest absolute Gasteiger partial charge is 0.423 e. The minimum absolute atomic E-state index is 0.256. The number of aromatic nitrogens is 3. The molecule has 0 amide bonds. The number of hydrogen-bond acceptors (Lipinski definition) is 4. The molecule has 3 rings (SSSR count). The summed E-state index contributed by atoms with van der Waals surface area (Å²) in [4.78, 5) is 12.0. The van der Waals surface area contributed by atoms with Crippen molar-refractivity contribution in [1.29, 1.82) is 0 Å². The van der Waals surface area contributed by atoms with Crippen molar-refractivity contribution in [1.82, 2.24) is 14.8 Å². The lowest BCUT2D eigenvalue weighted by molar-refractivity contribution is 0.0982. The van der Waals surface area contributed by atoms with Crippen LogP contribution in [0.1, 0.15) is 53.9 Å². The number of carbonyl (C=O) groups is 1. The van der Waals surface area contributed by atoms with Crippen LogP contribution in [0, 0.1) is 0 Å². The van der Waals surface area contributed by atoms with E-state index in [1.807, 2.05) is 23.9 Å². The maximum atomic E-state index is 12.0. The van der Waals surface area contributed by atoms with Crippen molar-refractivity contribution >= 4 is 5.78 Å². The molecule has 0 aliphatic heterocycles. The average molecular weight is 259 g/mol. The van der Waals surface area contributed by atoms with Gasteiger partial charge >= 0.3 is 0 Å². The van der Waals surface area contributed by atoms with Crippen molar-refractivity contribution in [2.75, 3.05) is 0 Å². The molecule has 0 N–H and O–H groups in total. The molecule has 0 aromatic carbocycles. The third kappa shape index (κ3) is 2.45. The topological polar surface area (TPSA) is 60.9 Å². The highest BCUT2D eigenvalue weighted by molar-refractivity contribution is 5.97. The Hall–Kier alpha value is -1.91. The highest BCUT2D eigenvalue weighted by Gasteiger charge is 2.18. The number of aryl methyl sites for hydroxylation is 2. The Bertz CT molecular complexity index is 598. The van der Waals surface area contributed by atoms with Gasteiger partial charge in [0.15, 0.2) is 5.78 Å². The van der Waals surface area contributed by atoms with Crippen molar-refractivity contribution in [2.24, 2.45) is 0 Å². The highest BCUT2D eigenvalue weighted by atomic mass is 16.4. The normalized spacial score (nSPS) is 15.3. The lowest BCUT2D eigenvalue weighted by Crippen LogP contribution is -1.99. The van der Waals surface area contributed by atoms with Gasteiger partial charge in [-0.25, -0.2) is 0 Å². The molecular weight excluding hydrogens is 242 g/mol. The monoisotopic (exact) mass is 259 g/mol. The van der Waals surface area contributed by atoms with Gasteiger partial charge in [-0.3, -0.25) is 4.79 Å². The van der Waals surface area contributed by atoms with Crippen LogP contribution in [-0.4, -0.2) is 20.5 Å². The number of nitrogens with zero attached hydrogens (tertiary/aromatic N) is 3. The molecule has 0 saturated heterocycles. The molecule has 100 valence electrons. The molecule has 2 heterocycles. The first-order valence-electron chi connectivity index (χ1n) is 6.79. The first-order valence-corrected chi connectivity index (χ1v) is 6.79. The SMILES string of the molecule is CCc1nnc(Cn2cc3c(c2)C(=O)CCCC3)o1. The van der Waals surface area contributed by atoms with E-state index in [0.29, 0.717) is 24.7 Å². The summed E-state index contributed by atoms with van der Waals surface area (Å²) in [6.07, 6.45) is 8.43. The smallest absolute Gasteiger partial charge is 0.236 e. The summed E-state index contributed by atoms with van der Waals surface area (Å²) in [6.45, 7) is 2.51. The number of hydrogen-bond donors (Lipinski definition) is 0. The summed E-state index contributed by atoms with van der Waals surface area (Å²) in [5.41, 5.74) is 2.02. The second-order valence-corrected chi connectivity index (χ2v) is 4.94. The first kappa shape index (κ1) is 12.1. The molecule has 2 aromatic rings. The first-order chi connectivity index (χ1) is 9.26. The van der Waals surface area contributed by atoms with E-state index in [4.69, 9.17) is 4.42 Å². The van der Waals surface area contributed by atoms with Gasteiger partial charge in [0.2, 0.25) is 11.8 Å². The van der Waals surface area contributed by atoms with Crippen LogP contribution in [0.2, 0.25) is 0 Å². The molecule has 0 fully saturated rings. The van der Waals surface area contributed by atoms with Crippen LogP contribution in [0.3, 0.4) is 0 Å². The summed E-state index contributed by atoms with van der Waals surface area (Å²) in [5.74, 6) is 1.50. The summed E-state index contributed by atoms with van der Waals surface area (Å²) in [5, 5.41) is 7.95. The highest BCUT2D eigenvalue weighted by Crippen LogP contribution is 2.22. The Balaban J connectivity index is 1.82. The van der Waals surface area contributed by atoms with E-state index in [2.05, 4.69) is 10.2 Å². The lowest BCUT2D eigenvalue weighted by Gasteiger charge is -1.98. The fraction of sp³-hybridized carbons (Fsp3) is 0.500. The van der Waals surface area contributed by atoms with Crippen LogP contribution in [0.15, 0.2) is 16.8 Å². The predicted molar refractivity (Wildman–Crippen MR) is 69.1 cm³/mol. The van der Waals surface area contributed by atoms with Crippen molar-refractivity contribution in [3.63, 3.8) is 0 Å². The third-order valence-corrected chi connectivity index (χ3v) is 3.49. The molecule has 1 aliphatic carbocycles. The van der Waals surface area contributed by atoms with E-state index in [9.17, 15) is 4.79 Å². The molecule has 0 saturated carbocycles. The summed E-state index contributed by atoms with van der Waals surface area (Å²) < 4.78 is 7.47. The number of carbonyl (C=O) groups excluding carboxylic acids is 1. The summed E-state index contributed by atoms with van der Waals surface area (Å²) >= 11 is 0. The van der Waals surface area contributed by atoms with E-state index in [1.165, 1.54) is 0 Å². The maximum Gasteiger partial charge on any atom is 0.236 e. The zero-order valence-corrected chi connectivity index (χ0v) is 11.1. The Morgan fingerprint density at radius 2 is 2.00 bits per heavy atom. The third-order valence-electron chi connectivity index (χ3n) is 3.49. The molecule has 5 heteroatoms. The minimum Gasteiger partial charge on any atom is -0.423 e. The standard InChI is InChI=1S/C14H17N3O2/c1-2-13-15-16-14(19-13)9-17-7-10-5-3-4-6-12(18)11(10)8-17/h7-8H,2-6,9H2,1H3. The Labute approximate surface area is 111 Å². The second-order valence-electron chi connectivity index (χ2n) is 4.94. The zero-order valence-electron chi connectivity index (χ0n) is 11.1. The Kier molecular flexibility index (Phi) is 3.19. The Morgan fingerprint density at radius 1 is 1.21 bits per heavy atom. The van der Waals surface area contributed by atoms with Crippen LogP contribution >= 0.6 is 0 Å². The fourth-order valence-corrected chi connectivity index (χ4v) is 2.48. The molecule has 5 nitrogen and oxygen atoms in total. The van der Waals surface area contributed by atoms with Crippen molar-refractivity contribution < 1.29 is 9.21 Å². The molecule has 1 aliphatic rings. The number of rotatable bonds is 3. The van der Waals surface area contributed by atoms with Crippen molar-refractivity contribution in [2.45, 2.75) is 45.6 Å². The molecule has 0 unspecified atom stereocenters. The van der Waals surface area contributed by atoms with Gasteiger partial charge in [-0.1, -0.05) is 6.92 Å². The van der Waals surface area contributed by atoms with Gasteiger partial charge in [-0.2, -0.15) is 0 Å². The fourth-order valence-electron chi connectivity index (χ4n) is 2.48. The quantitative estimate of drug-likeness (QED) is 0.794. The van der Waals surface area contributed by atoms with Gasteiger partial charge in [0, 0.05) is 30.8 Å². The summed E-state index contributed by atoms with van der Waals surface area (Å²) in [7, 11) is 0. The van der Waals surface area contributed by atoms with Crippen LogP contribution in [0.4, 0.5) is 0 Å². The number of Topliss-reactive ketones (excluding diaryl/α,β-unsaturated/α-hetero) is 1.